The second kappa shape index (κ2) is 7.64. The van der Waals surface area contributed by atoms with Gasteiger partial charge in [-0.25, -0.2) is 0 Å². The van der Waals surface area contributed by atoms with E-state index < -0.39 is 0 Å². The van der Waals surface area contributed by atoms with Crippen molar-refractivity contribution in [3.63, 3.8) is 0 Å². The molecule has 0 aliphatic heterocycles. The number of rotatable bonds is 8. The summed E-state index contributed by atoms with van der Waals surface area (Å²) in [6, 6.07) is 2.78. The smallest absolute Gasteiger partial charge is 0.0420 e. The highest BCUT2D eigenvalue weighted by atomic mass is 32.1. The van der Waals surface area contributed by atoms with Gasteiger partial charge in [-0.15, -0.1) is 17.9 Å². The molecule has 0 spiro atoms. The predicted molar refractivity (Wildman–Crippen MR) is 74.2 cm³/mol. The van der Waals surface area contributed by atoms with E-state index in [1.54, 1.807) is 0 Å². The van der Waals surface area contributed by atoms with Crippen LogP contribution in [0.4, 0.5) is 0 Å². The maximum Gasteiger partial charge on any atom is 0.0420 e. The third-order valence-corrected chi connectivity index (χ3v) is 3.85. The van der Waals surface area contributed by atoms with Crippen molar-refractivity contribution in [2.24, 2.45) is 0 Å². The molecule has 0 aliphatic carbocycles. The molecule has 0 bridgehead atoms. The monoisotopic (exact) mass is 237 g/mol. The van der Waals surface area contributed by atoms with Crippen LogP contribution in [0.25, 0.3) is 0 Å². The molecule has 1 atom stereocenters. The molecule has 1 nitrogen and oxygen atoms in total. The number of nitrogens with one attached hydrogen (secondary N) is 1. The molecule has 1 aromatic heterocycles. The molecule has 1 heterocycles. The summed E-state index contributed by atoms with van der Waals surface area (Å²) in [6.07, 6.45) is 6.59. The summed E-state index contributed by atoms with van der Waals surface area (Å²) in [6.45, 7) is 9.36. The van der Waals surface area contributed by atoms with Crippen LogP contribution < -0.4 is 5.32 Å². The average molecular weight is 237 g/mol. The van der Waals surface area contributed by atoms with Crippen molar-refractivity contribution in [2.45, 2.75) is 45.6 Å². The highest BCUT2D eigenvalue weighted by molar-refractivity contribution is 7.10. The Balaban J connectivity index is 2.69. The fourth-order valence-electron chi connectivity index (χ4n) is 1.87. The first-order chi connectivity index (χ1) is 7.83. The lowest BCUT2D eigenvalue weighted by Crippen LogP contribution is -2.22. The summed E-state index contributed by atoms with van der Waals surface area (Å²) in [5.41, 5.74) is 1.50. The van der Waals surface area contributed by atoms with Crippen molar-refractivity contribution in [1.29, 1.82) is 0 Å². The molecule has 2 heteroatoms. The van der Waals surface area contributed by atoms with Crippen LogP contribution in [-0.2, 0) is 6.42 Å². The largest absolute Gasteiger partial charge is 0.309 e. The first-order valence-electron chi connectivity index (χ1n) is 6.24. The molecule has 0 saturated carbocycles. The van der Waals surface area contributed by atoms with Crippen molar-refractivity contribution in [1.82, 2.24) is 5.32 Å². The maximum absolute atomic E-state index is 3.81. The fourth-order valence-corrected chi connectivity index (χ4v) is 2.98. The molecule has 1 rings (SSSR count). The molecule has 0 amide bonds. The minimum Gasteiger partial charge on any atom is -0.309 e. The lowest BCUT2D eigenvalue weighted by Gasteiger charge is -2.18. The van der Waals surface area contributed by atoms with E-state index in [0.29, 0.717) is 6.04 Å². The van der Waals surface area contributed by atoms with Crippen molar-refractivity contribution >= 4 is 11.3 Å². The summed E-state index contributed by atoms with van der Waals surface area (Å²) in [5.74, 6) is 0. The van der Waals surface area contributed by atoms with Gasteiger partial charge < -0.3 is 5.32 Å². The number of thiophene rings is 1. The van der Waals surface area contributed by atoms with Crippen molar-refractivity contribution in [2.75, 3.05) is 6.54 Å². The Hall–Kier alpha value is -0.600. The maximum atomic E-state index is 3.81. The summed E-state index contributed by atoms with van der Waals surface area (Å²) in [4.78, 5) is 1.53. The number of allylic oxidation sites excluding steroid dienone is 1. The molecular formula is C14H23NS. The van der Waals surface area contributed by atoms with E-state index in [-0.39, 0.29) is 0 Å². The Labute approximate surface area is 104 Å². The Kier molecular flexibility index (Phi) is 6.43. The quantitative estimate of drug-likeness (QED) is 0.664. The van der Waals surface area contributed by atoms with Crippen LogP contribution in [0.1, 0.15) is 49.6 Å². The van der Waals surface area contributed by atoms with Crippen LogP contribution >= 0.6 is 11.3 Å². The van der Waals surface area contributed by atoms with Crippen LogP contribution in [0.3, 0.4) is 0 Å². The summed E-state index contributed by atoms with van der Waals surface area (Å²) in [5, 5.41) is 5.85. The van der Waals surface area contributed by atoms with Gasteiger partial charge >= 0.3 is 0 Å². The van der Waals surface area contributed by atoms with E-state index in [9.17, 15) is 0 Å². The fraction of sp³-hybridized carbons (Fsp3) is 0.571. The first-order valence-corrected chi connectivity index (χ1v) is 7.11. The molecule has 90 valence electrons. The van der Waals surface area contributed by atoms with Crippen molar-refractivity contribution in [3.05, 3.63) is 34.5 Å². The van der Waals surface area contributed by atoms with Crippen molar-refractivity contribution < 1.29 is 0 Å². The zero-order chi connectivity index (χ0) is 11.8. The highest BCUT2D eigenvalue weighted by Crippen LogP contribution is 2.28. The van der Waals surface area contributed by atoms with Crippen LogP contribution in [0, 0.1) is 0 Å². The molecular weight excluding hydrogens is 214 g/mol. The molecule has 0 fully saturated rings. The Morgan fingerprint density at radius 3 is 2.94 bits per heavy atom. The van der Waals surface area contributed by atoms with Gasteiger partial charge in [0.15, 0.2) is 0 Å². The Bertz CT molecular complexity index is 303. The predicted octanol–water partition coefficient (Wildman–Crippen LogP) is 4.32. The Morgan fingerprint density at radius 2 is 2.31 bits per heavy atom. The average Bonchev–Trinajstić information content (AvgIpc) is 2.77. The summed E-state index contributed by atoms with van der Waals surface area (Å²) in [7, 11) is 0. The van der Waals surface area contributed by atoms with Crippen LogP contribution in [-0.4, -0.2) is 6.54 Å². The second-order valence-electron chi connectivity index (χ2n) is 4.04. The minimum atomic E-state index is 0.521. The highest BCUT2D eigenvalue weighted by Gasteiger charge is 2.14. The van der Waals surface area contributed by atoms with Gasteiger partial charge in [0, 0.05) is 10.9 Å². The molecule has 0 aromatic carbocycles. The molecule has 1 unspecified atom stereocenters. The van der Waals surface area contributed by atoms with E-state index in [1.807, 2.05) is 17.4 Å². The van der Waals surface area contributed by atoms with E-state index >= 15 is 0 Å². The first kappa shape index (κ1) is 13.5. The van der Waals surface area contributed by atoms with Gasteiger partial charge in [0.25, 0.3) is 0 Å². The summed E-state index contributed by atoms with van der Waals surface area (Å²) < 4.78 is 0. The van der Waals surface area contributed by atoms with Gasteiger partial charge in [0.2, 0.25) is 0 Å². The van der Waals surface area contributed by atoms with Gasteiger partial charge in [-0.05, 0) is 49.2 Å². The SMILES string of the molecule is C=CCCC(NCCC)c1sccc1CC. The van der Waals surface area contributed by atoms with Gasteiger partial charge in [0.1, 0.15) is 0 Å². The van der Waals surface area contributed by atoms with Gasteiger partial charge in [-0.3, -0.25) is 0 Å². The third kappa shape index (κ3) is 3.76. The zero-order valence-corrected chi connectivity index (χ0v) is 11.3. The second-order valence-corrected chi connectivity index (χ2v) is 4.98. The normalized spacial score (nSPS) is 12.6. The van der Waals surface area contributed by atoms with E-state index in [1.165, 1.54) is 16.9 Å². The zero-order valence-electron chi connectivity index (χ0n) is 10.5. The lowest BCUT2D eigenvalue weighted by molar-refractivity contribution is 0.507. The van der Waals surface area contributed by atoms with Gasteiger partial charge in [-0.1, -0.05) is 19.9 Å². The lowest BCUT2D eigenvalue weighted by atomic mass is 10.0. The molecule has 0 radical (unpaired) electrons. The number of hydrogen-bond donors (Lipinski definition) is 1. The standard InChI is InChI=1S/C14H23NS/c1-4-7-8-13(15-10-5-2)14-12(6-3)9-11-16-14/h4,9,11,13,15H,1,5-8,10H2,2-3H3. The number of aryl methyl sites for hydroxylation is 1. The van der Waals surface area contributed by atoms with E-state index in [0.717, 1.165) is 25.8 Å². The molecule has 0 saturated heterocycles. The molecule has 1 aromatic rings. The van der Waals surface area contributed by atoms with E-state index in [2.05, 4.69) is 37.2 Å². The van der Waals surface area contributed by atoms with Crippen LogP contribution in [0.15, 0.2) is 24.1 Å². The Morgan fingerprint density at radius 1 is 1.50 bits per heavy atom. The number of hydrogen-bond acceptors (Lipinski definition) is 2. The van der Waals surface area contributed by atoms with E-state index in [4.69, 9.17) is 0 Å². The molecule has 1 N–H and O–H groups in total. The van der Waals surface area contributed by atoms with Crippen molar-refractivity contribution in [3.8, 4) is 0 Å². The van der Waals surface area contributed by atoms with Gasteiger partial charge in [-0.2, -0.15) is 0 Å². The molecule has 0 aliphatic rings. The summed E-state index contributed by atoms with van der Waals surface area (Å²) >= 11 is 1.89. The van der Waals surface area contributed by atoms with Crippen LogP contribution in [0.2, 0.25) is 0 Å². The van der Waals surface area contributed by atoms with Gasteiger partial charge in [0.05, 0.1) is 0 Å². The topological polar surface area (TPSA) is 12.0 Å². The minimum absolute atomic E-state index is 0.521. The van der Waals surface area contributed by atoms with Crippen LogP contribution in [0.5, 0.6) is 0 Å². The third-order valence-electron chi connectivity index (χ3n) is 2.78. The molecule has 16 heavy (non-hydrogen) atoms.